The Kier molecular flexibility index (Phi) is 3.68. The zero-order chi connectivity index (χ0) is 14.8. The van der Waals surface area contributed by atoms with Gasteiger partial charge < -0.3 is 9.42 Å². The van der Waals surface area contributed by atoms with Gasteiger partial charge in [-0.2, -0.15) is 4.98 Å². The Hall–Kier alpha value is -2.24. The highest BCUT2D eigenvalue weighted by atomic mass is 19.1. The van der Waals surface area contributed by atoms with Crippen molar-refractivity contribution >= 4 is 5.91 Å². The summed E-state index contributed by atoms with van der Waals surface area (Å²) in [4.78, 5) is 17.6. The molecule has 1 aliphatic heterocycles. The van der Waals surface area contributed by atoms with Crippen LogP contribution >= 0.6 is 0 Å². The Balaban J connectivity index is 1.78. The Bertz CT molecular complexity index is 639. The molecule has 5 nitrogen and oxygen atoms in total. The first-order valence-electron chi connectivity index (χ1n) is 6.98. The molecule has 1 fully saturated rings. The van der Waals surface area contributed by atoms with Crippen molar-refractivity contribution in [2.75, 3.05) is 13.1 Å². The first kappa shape index (κ1) is 13.7. The molecule has 1 unspecified atom stereocenters. The number of hydrogen-bond donors (Lipinski definition) is 0. The van der Waals surface area contributed by atoms with E-state index in [0.29, 0.717) is 23.8 Å². The second-order valence-corrected chi connectivity index (χ2v) is 5.27. The third kappa shape index (κ3) is 2.94. The minimum Gasteiger partial charge on any atom is -0.342 e. The topological polar surface area (TPSA) is 59.2 Å². The van der Waals surface area contributed by atoms with Gasteiger partial charge in [-0.05, 0) is 37.1 Å². The van der Waals surface area contributed by atoms with Crippen LogP contribution in [-0.2, 0) is 4.79 Å². The van der Waals surface area contributed by atoms with E-state index >= 15 is 0 Å². The van der Waals surface area contributed by atoms with Crippen molar-refractivity contribution in [1.29, 1.82) is 0 Å². The lowest BCUT2D eigenvalue weighted by Gasteiger charge is -2.29. The Morgan fingerprint density at radius 3 is 2.86 bits per heavy atom. The van der Waals surface area contributed by atoms with Crippen LogP contribution in [0.3, 0.4) is 0 Å². The number of nitrogens with zero attached hydrogens (tertiary/aromatic N) is 3. The van der Waals surface area contributed by atoms with Crippen molar-refractivity contribution in [1.82, 2.24) is 15.0 Å². The molecule has 1 saturated heterocycles. The van der Waals surface area contributed by atoms with E-state index in [0.717, 1.165) is 19.4 Å². The monoisotopic (exact) mass is 289 g/mol. The van der Waals surface area contributed by atoms with Crippen molar-refractivity contribution in [3.63, 3.8) is 0 Å². The molecule has 1 aliphatic rings. The summed E-state index contributed by atoms with van der Waals surface area (Å²) in [6.07, 6.45) is 1.85. The van der Waals surface area contributed by atoms with E-state index in [1.54, 1.807) is 24.0 Å². The number of rotatable bonds is 2. The number of aromatic nitrogens is 2. The summed E-state index contributed by atoms with van der Waals surface area (Å²) in [5.41, 5.74) is 0.714. The van der Waals surface area contributed by atoms with Crippen LogP contribution in [0.5, 0.6) is 0 Å². The van der Waals surface area contributed by atoms with Crippen LogP contribution in [0.1, 0.15) is 31.6 Å². The molecule has 2 heterocycles. The maximum Gasteiger partial charge on any atom is 0.231 e. The quantitative estimate of drug-likeness (QED) is 0.852. The van der Waals surface area contributed by atoms with Crippen LogP contribution in [0, 0.1) is 5.82 Å². The average Bonchev–Trinajstić information content (AvgIpc) is 2.98. The largest absolute Gasteiger partial charge is 0.342 e. The number of hydrogen-bond acceptors (Lipinski definition) is 4. The fourth-order valence-electron chi connectivity index (χ4n) is 2.58. The van der Waals surface area contributed by atoms with Crippen LogP contribution in [0.15, 0.2) is 28.8 Å². The lowest BCUT2D eigenvalue weighted by molar-refractivity contribution is -0.130. The standard InChI is InChI=1S/C15H16FN3O2/c1-10(20)19-8-2-3-12(9-19)15-17-14(18-21-15)11-4-6-13(16)7-5-11/h4-7,12H,2-3,8-9H2,1H3. The molecule has 3 rings (SSSR count). The van der Waals surface area contributed by atoms with Gasteiger partial charge in [-0.3, -0.25) is 4.79 Å². The van der Waals surface area contributed by atoms with E-state index in [1.165, 1.54) is 12.1 Å². The number of piperidine rings is 1. The highest BCUT2D eigenvalue weighted by Gasteiger charge is 2.27. The zero-order valence-electron chi connectivity index (χ0n) is 11.8. The van der Waals surface area contributed by atoms with E-state index in [9.17, 15) is 9.18 Å². The minimum atomic E-state index is -0.299. The SMILES string of the molecule is CC(=O)N1CCCC(c2nc(-c3ccc(F)cc3)no2)C1. The normalized spacial score (nSPS) is 18.8. The van der Waals surface area contributed by atoms with Crippen LogP contribution in [0.2, 0.25) is 0 Å². The second-order valence-electron chi connectivity index (χ2n) is 5.27. The van der Waals surface area contributed by atoms with E-state index in [-0.39, 0.29) is 17.6 Å². The molecule has 21 heavy (non-hydrogen) atoms. The maximum atomic E-state index is 12.9. The molecule has 6 heteroatoms. The van der Waals surface area contributed by atoms with E-state index in [2.05, 4.69) is 10.1 Å². The number of carbonyl (C=O) groups excluding carboxylic acids is 1. The summed E-state index contributed by atoms with van der Waals surface area (Å²) >= 11 is 0. The van der Waals surface area contributed by atoms with Crippen LogP contribution in [0.25, 0.3) is 11.4 Å². The Morgan fingerprint density at radius 1 is 1.38 bits per heavy atom. The molecule has 1 atom stereocenters. The fraction of sp³-hybridized carbons (Fsp3) is 0.400. The van der Waals surface area contributed by atoms with E-state index < -0.39 is 0 Å². The fourth-order valence-corrected chi connectivity index (χ4v) is 2.58. The highest BCUT2D eigenvalue weighted by Crippen LogP contribution is 2.27. The molecule has 0 spiro atoms. The van der Waals surface area contributed by atoms with Gasteiger partial charge in [-0.15, -0.1) is 0 Å². The molecule has 110 valence electrons. The maximum absolute atomic E-state index is 12.9. The van der Waals surface area contributed by atoms with E-state index in [1.807, 2.05) is 0 Å². The summed E-state index contributed by atoms with van der Waals surface area (Å²) in [5.74, 6) is 0.833. The molecule has 0 N–H and O–H groups in total. The van der Waals surface area contributed by atoms with Crippen LogP contribution in [0.4, 0.5) is 4.39 Å². The molecule has 0 bridgehead atoms. The van der Waals surface area contributed by atoms with Gasteiger partial charge in [0.2, 0.25) is 17.6 Å². The summed E-state index contributed by atoms with van der Waals surface area (Å²) in [6.45, 7) is 2.96. The molecular formula is C15H16FN3O2. The second kappa shape index (κ2) is 5.63. The highest BCUT2D eigenvalue weighted by molar-refractivity contribution is 5.73. The summed E-state index contributed by atoms with van der Waals surface area (Å²) in [5, 5.41) is 3.95. The molecule has 1 aromatic carbocycles. The number of likely N-dealkylation sites (tertiary alicyclic amines) is 1. The molecule has 0 radical (unpaired) electrons. The van der Waals surface area contributed by atoms with Gasteiger partial charge in [-0.25, -0.2) is 4.39 Å². The van der Waals surface area contributed by atoms with Crippen molar-refractivity contribution in [2.24, 2.45) is 0 Å². The smallest absolute Gasteiger partial charge is 0.231 e. The predicted molar refractivity (Wildman–Crippen MR) is 73.9 cm³/mol. The third-order valence-electron chi connectivity index (χ3n) is 3.76. The van der Waals surface area contributed by atoms with Crippen LogP contribution in [-0.4, -0.2) is 34.0 Å². The molecule has 0 saturated carbocycles. The van der Waals surface area contributed by atoms with Crippen molar-refractivity contribution < 1.29 is 13.7 Å². The molecule has 1 amide bonds. The molecule has 0 aliphatic carbocycles. The summed E-state index contributed by atoms with van der Waals surface area (Å²) in [7, 11) is 0. The number of benzene rings is 1. The molecular weight excluding hydrogens is 273 g/mol. The predicted octanol–water partition coefficient (Wildman–Crippen LogP) is 2.60. The van der Waals surface area contributed by atoms with Gasteiger partial charge >= 0.3 is 0 Å². The van der Waals surface area contributed by atoms with Gasteiger partial charge in [-0.1, -0.05) is 5.16 Å². The van der Waals surface area contributed by atoms with Gasteiger partial charge in [0.1, 0.15) is 5.82 Å². The molecule has 2 aromatic rings. The third-order valence-corrected chi connectivity index (χ3v) is 3.76. The van der Waals surface area contributed by atoms with Crippen molar-refractivity contribution in [2.45, 2.75) is 25.7 Å². The van der Waals surface area contributed by atoms with Gasteiger partial charge in [0.05, 0.1) is 5.92 Å². The lowest BCUT2D eigenvalue weighted by Crippen LogP contribution is -2.37. The average molecular weight is 289 g/mol. The number of amides is 1. The first-order valence-corrected chi connectivity index (χ1v) is 6.98. The zero-order valence-corrected chi connectivity index (χ0v) is 11.8. The Morgan fingerprint density at radius 2 is 2.14 bits per heavy atom. The molecule has 1 aromatic heterocycles. The van der Waals surface area contributed by atoms with E-state index in [4.69, 9.17) is 4.52 Å². The van der Waals surface area contributed by atoms with Crippen molar-refractivity contribution in [3.8, 4) is 11.4 Å². The van der Waals surface area contributed by atoms with Crippen molar-refractivity contribution in [3.05, 3.63) is 36.0 Å². The first-order chi connectivity index (χ1) is 10.1. The minimum absolute atomic E-state index is 0.0676. The summed E-state index contributed by atoms with van der Waals surface area (Å²) in [6, 6.07) is 5.96. The van der Waals surface area contributed by atoms with Gasteiger partial charge in [0.25, 0.3) is 0 Å². The van der Waals surface area contributed by atoms with Crippen LogP contribution < -0.4 is 0 Å². The summed E-state index contributed by atoms with van der Waals surface area (Å²) < 4.78 is 18.2. The Labute approximate surface area is 121 Å². The van der Waals surface area contributed by atoms with Gasteiger partial charge in [0, 0.05) is 25.6 Å². The van der Waals surface area contributed by atoms with Gasteiger partial charge in [0.15, 0.2) is 0 Å². The number of carbonyl (C=O) groups is 1. The lowest BCUT2D eigenvalue weighted by atomic mass is 9.98. The number of halogens is 1.